The second-order valence-corrected chi connectivity index (χ2v) is 8.08. The van der Waals surface area contributed by atoms with Crippen molar-refractivity contribution in [3.8, 4) is 0 Å². The van der Waals surface area contributed by atoms with Crippen molar-refractivity contribution >= 4 is 12.0 Å². The highest BCUT2D eigenvalue weighted by molar-refractivity contribution is 5.94. The maximum absolute atomic E-state index is 12.0. The number of aliphatic hydroxyl groups is 1. The lowest BCUT2D eigenvalue weighted by atomic mass is 10.1. The van der Waals surface area contributed by atoms with Crippen LogP contribution in [0.15, 0.2) is 24.3 Å². The van der Waals surface area contributed by atoms with Crippen LogP contribution >= 0.6 is 0 Å². The van der Waals surface area contributed by atoms with Crippen LogP contribution in [-0.4, -0.2) is 75.4 Å². The summed E-state index contributed by atoms with van der Waals surface area (Å²) in [5.41, 5.74) is 0.848. The van der Waals surface area contributed by atoms with Crippen LogP contribution in [0, 0.1) is 0 Å². The minimum atomic E-state index is -0.494. The van der Waals surface area contributed by atoms with E-state index in [9.17, 15) is 9.59 Å². The van der Waals surface area contributed by atoms with E-state index in [1.54, 1.807) is 24.3 Å². The summed E-state index contributed by atoms with van der Waals surface area (Å²) in [5.74, 6) is -0.140. The molecule has 9 nitrogen and oxygen atoms in total. The SMILES string of the molecule is CC(C)(C)OC(=O)NCCCOCCOCCOCCCNC(=O)c1ccc(CO)cc1. The zero-order chi connectivity index (χ0) is 23.7. The first kappa shape index (κ1) is 27.8. The van der Waals surface area contributed by atoms with Gasteiger partial charge in [-0.1, -0.05) is 12.1 Å². The topological polar surface area (TPSA) is 115 Å². The average Bonchev–Trinajstić information content (AvgIpc) is 2.75. The van der Waals surface area contributed by atoms with Crippen LogP contribution in [-0.2, 0) is 25.6 Å². The maximum atomic E-state index is 12.0. The third kappa shape index (κ3) is 14.7. The predicted molar refractivity (Wildman–Crippen MR) is 121 cm³/mol. The van der Waals surface area contributed by atoms with E-state index >= 15 is 0 Å². The number of aliphatic hydroxyl groups excluding tert-OH is 1. The maximum Gasteiger partial charge on any atom is 0.407 e. The van der Waals surface area contributed by atoms with E-state index in [0.717, 1.165) is 5.56 Å². The Kier molecular flexibility index (Phi) is 14.3. The minimum Gasteiger partial charge on any atom is -0.444 e. The number of carbonyl (C=O) groups is 2. The van der Waals surface area contributed by atoms with E-state index in [-0.39, 0.29) is 12.5 Å². The van der Waals surface area contributed by atoms with Gasteiger partial charge in [-0.15, -0.1) is 0 Å². The summed E-state index contributed by atoms with van der Waals surface area (Å²) in [6.07, 6.45) is 0.991. The number of ether oxygens (including phenoxy) is 4. The van der Waals surface area contributed by atoms with Crippen LogP contribution in [0.4, 0.5) is 4.79 Å². The summed E-state index contributed by atoms with van der Waals surface area (Å²) in [5, 5.41) is 14.5. The molecule has 0 aliphatic rings. The van der Waals surface area contributed by atoms with Crippen molar-refractivity contribution in [3.63, 3.8) is 0 Å². The molecule has 0 saturated carbocycles. The highest BCUT2D eigenvalue weighted by Gasteiger charge is 2.15. The summed E-state index contributed by atoms with van der Waals surface area (Å²) in [7, 11) is 0. The summed E-state index contributed by atoms with van der Waals surface area (Å²) in [4.78, 5) is 23.4. The lowest BCUT2D eigenvalue weighted by Crippen LogP contribution is -2.33. The highest BCUT2D eigenvalue weighted by atomic mass is 16.6. The van der Waals surface area contributed by atoms with Crippen molar-refractivity contribution in [2.24, 2.45) is 0 Å². The van der Waals surface area contributed by atoms with Gasteiger partial charge in [0.1, 0.15) is 5.60 Å². The Morgan fingerprint density at radius 2 is 1.31 bits per heavy atom. The molecule has 1 rings (SSSR count). The summed E-state index contributed by atoms with van der Waals surface area (Å²) in [6, 6.07) is 6.85. The van der Waals surface area contributed by atoms with Crippen molar-refractivity contribution in [2.45, 2.75) is 45.8 Å². The first-order valence-corrected chi connectivity index (χ1v) is 11.0. The molecule has 0 unspecified atom stereocenters. The third-order valence-electron chi connectivity index (χ3n) is 4.03. The van der Waals surface area contributed by atoms with Crippen LogP contribution in [0.25, 0.3) is 0 Å². The van der Waals surface area contributed by atoms with Crippen LogP contribution in [0.3, 0.4) is 0 Å². The first-order chi connectivity index (χ1) is 15.3. The molecule has 0 aliphatic carbocycles. The molecule has 3 N–H and O–H groups in total. The first-order valence-electron chi connectivity index (χ1n) is 11.0. The van der Waals surface area contributed by atoms with Gasteiger partial charge in [-0.2, -0.15) is 0 Å². The second kappa shape index (κ2) is 16.4. The molecular weight excluding hydrogens is 416 g/mol. The fourth-order valence-electron chi connectivity index (χ4n) is 2.46. The van der Waals surface area contributed by atoms with Crippen LogP contribution in [0.5, 0.6) is 0 Å². The quantitative estimate of drug-likeness (QED) is 0.328. The van der Waals surface area contributed by atoms with E-state index < -0.39 is 11.7 Å². The minimum absolute atomic E-state index is 0.0366. The van der Waals surface area contributed by atoms with Gasteiger partial charge in [-0.3, -0.25) is 4.79 Å². The summed E-state index contributed by atoms with van der Waals surface area (Å²) in [6.45, 7) is 9.45. The molecule has 0 atom stereocenters. The Morgan fingerprint density at radius 3 is 1.81 bits per heavy atom. The Labute approximate surface area is 190 Å². The van der Waals surface area contributed by atoms with Gasteiger partial charge in [0.15, 0.2) is 0 Å². The van der Waals surface area contributed by atoms with E-state index in [4.69, 9.17) is 24.1 Å². The Morgan fingerprint density at radius 1 is 0.812 bits per heavy atom. The van der Waals surface area contributed by atoms with Gasteiger partial charge in [0.2, 0.25) is 0 Å². The number of rotatable bonds is 16. The molecule has 2 amide bonds. The van der Waals surface area contributed by atoms with Gasteiger partial charge in [0.05, 0.1) is 33.0 Å². The molecule has 9 heteroatoms. The van der Waals surface area contributed by atoms with Crippen LogP contribution < -0.4 is 10.6 Å². The molecule has 0 radical (unpaired) electrons. The predicted octanol–water partition coefficient (Wildman–Crippen LogP) is 2.26. The fraction of sp³-hybridized carbons (Fsp3) is 0.652. The van der Waals surface area contributed by atoms with Crippen LogP contribution in [0.2, 0.25) is 0 Å². The molecule has 1 aromatic carbocycles. The summed E-state index contributed by atoms with van der Waals surface area (Å²) < 4.78 is 21.5. The lowest BCUT2D eigenvalue weighted by Gasteiger charge is -2.19. The number of hydrogen-bond acceptors (Lipinski definition) is 7. The van der Waals surface area contributed by atoms with Crippen molar-refractivity contribution in [3.05, 3.63) is 35.4 Å². The van der Waals surface area contributed by atoms with Crippen LogP contribution in [0.1, 0.15) is 49.5 Å². The average molecular weight is 455 g/mol. The van der Waals surface area contributed by atoms with Crippen molar-refractivity contribution < 1.29 is 33.6 Å². The van der Waals surface area contributed by atoms with E-state index in [2.05, 4.69) is 10.6 Å². The number of benzene rings is 1. The van der Waals surface area contributed by atoms with E-state index in [1.165, 1.54) is 0 Å². The van der Waals surface area contributed by atoms with Gasteiger partial charge in [0.25, 0.3) is 5.91 Å². The molecule has 0 heterocycles. The number of amides is 2. The molecule has 0 fully saturated rings. The van der Waals surface area contributed by atoms with Crippen molar-refractivity contribution in [1.82, 2.24) is 10.6 Å². The highest BCUT2D eigenvalue weighted by Crippen LogP contribution is 2.06. The molecule has 0 aliphatic heterocycles. The number of nitrogens with one attached hydrogen (secondary N) is 2. The van der Waals surface area contributed by atoms with Crippen molar-refractivity contribution in [2.75, 3.05) is 52.7 Å². The van der Waals surface area contributed by atoms with Gasteiger partial charge in [0, 0.05) is 31.9 Å². The molecule has 32 heavy (non-hydrogen) atoms. The molecule has 0 spiro atoms. The number of carbonyl (C=O) groups excluding carboxylic acids is 2. The molecule has 0 bridgehead atoms. The summed E-state index contributed by atoms with van der Waals surface area (Å²) >= 11 is 0. The smallest absolute Gasteiger partial charge is 0.407 e. The normalized spacial score (nSPS) is 11.2. The molecule has 182 valence electrons. The Bertz CT molecular complexity index is 645. The largest absolute Gasteiger partial charge is 0.444 e. The number of alkyl carbamates (subject to hydrolysis) is 1. The zero-order valence-corrected chi connectivity index (χ0v) is 19.5. The monoisotopic (exact) mass is 454 g/mol. The Balaban J connectivity index is 1.84. The molecule has 0 aromatic heterocycles. The lowest BCUT2D eigenvalue weighted by molar-refractivity contribution is 0.0136. The Hall–Kier alpha value is -2.20. The van der Waals surface area contributed by atoms with Gasteiger partial charge < -0.3 is 34.7 Å². The van der Waals surface area contributed by atoms with Gasteiger partial charge in [-0.25, -0.2) is 4.79 Å². The molecular formula is C23H38N2O7. The fourth-order valence-corrected chi connectivity index (χ4v) is 2.46. The third-order valence-corrected chi connectivity index (χ3v) is 4.03. The van der Waals surface area contributed by atoms with Gasteiger partial charge in [-0.05, 0) is 51.3 Å². The number of hydrogen-bond donors (Lipinski definition) is 3. The zero-order valence-electron chi connectivity index (χ0n) is 19.5. The standard InChI is InChI=1S/C23H38N2O7/c1-23(2,3)32-22(28)25-11-5-13-30-15-17-31-16-14-29-12-4-10-24-21(27)20-8-6-19(18-26)7-9-20/h6-9,26H,4-5,10-18H2,1-3H3,(H,24,27)(H,25,28). The molecule has 0 saturated heterocycles. The molecule has 1 aromatic rings. The second-order valence-electron chi connectivity index (χ2n) is 8.08. The van der Waals surface area contributed by atoms with E-state index in [0.29, 0.717) is 71.1 Å². The van der Waals surface area contributed by atoms with Crippen molar-refractivity contribution in [1.29, 1.82) is 0 Å². The van der Waals surface area contributed by atoms with E-state index in [1.807, 2.05) is 20.8 Å². The van der Waals surface area contributed by atoms with Gasteiger partial charge >= 0.3 is 6.09 Å².